The van der Waals surface area contributed by atoms with Gasteiger partial charge in [0.25, 0.3) is 0 Å². The van der Waals surface area contributed by atoms with E-state index in [0.29, 0.717) is 31.7 Å². The van der Waals surface area contributed by atoms with Crippen LogP contribution >= 0.6 is 0 Å². The Morgan fingerprint density at radius 1 is 0.641 bits per heavy atom. The summed E-state index contributed by atoms with van der Waals surface area (Å²) in [5.74, 6) is 3.02. The Kier molecular flexibility index (Phi) is 11.5. The fourth-order valence-corrected chi connectivity index (χ4v) is 22.8. The van der Waals surface area contributed by atoms with Gasteiger partial charge in [0.05, 0.1) is 13.2 Å². The highest BCUT2D eigenvalue weighted by Gasteiger charge is 2.53. The van der Waals surface area contributed by atoms with Crippen LogP contribution < -0.4 is 14.2 Å². The Labute approximate surface area is 238 Å². The van der Waals surface area contributed by atoms with E-state index >= 15 is 0 Å². The summed E-state index contributed by atoms with van der Waals surface area (Å²) in [7, 11) is -11.0. The molecule has 0 aromatic heterocycles. The molecule has 3 heterocycles. The number of fused-ring (bicyclic) bond motifs is 2. The zero-order valence-electron chi connectivity index (χ0n) is 24.4. The maximum Gasteiger partial charge on any atom is 0.333 e. The molecule has 3 N–H and O–H groups in total. The van der Waals surface area contributed by atoms with Gasteiger partial charge in [0.1, 0.15) is 23.0 Å². The van der Waals surface area contributed by atoms with E-state index in [1.807, 2.05) is 61.6 Å². The molecule has 39 heavy (non-hydrogen) atoms. The molecule has 4 bridgehead atoms. The molecule has 11 heteroatoms. The molecule has 0 saturated heterocycles. The zero-order chi connectivity index (χ0) is 28.6. The second-order valence-electron chi connectivity index (χ2n) is 11.9. The summed E-state index contributed by atoms with van der Waals surface area (Å²) in [6.07, 6.45) is 3.31. The number of rotatable bonds is 2. The molecule has 0 amide bonds. The fraction of sp³-hybridized carbons (Fsp3) is 0.571. The Bertz CT molecular complexity index is 1020. The summed E-state index contributed by atoms with van der Waals surface area (Å²) in [4.78, 5) is 34.1. The van der Waals surface area contributed by atoms with Crippen LogP contribution in [0.4, 0.5) is 0 Å². The van der Waals surface area contributed by atoms with E-state index in [9.17, 15) is 14.4 Å². The van der Waals surface area contributed by atoms with Crippen LogP contribution in [0, 0.1) is 0 Å². The van der Waals surface area contributed by atoms with Gasteiger partial charge in [-0.05, 0) is 118 Å². The SMILES string of the molecule is CCC[Si]1(C)CCCOc2ccc(cc2)Oc2ccc(cc2)OCCC[Si](C)(O)CCC[Si](C)(O)[Si](C)(O)O1. The largest absolute Gasteiger partial charge is 0.494 e. The van der Waals surface area contributed by atoms with E-state index in [1.165, 1.54) is 0 Å². The van der Waals surface area contributed by atoms with Crippen LogP contribution in [0.3, 0.4) is 0 Å². The van der Waals surface area contributed by atoms with Crippen molar-refractivity contribution in [3.63, 3.8) is 0 Å². The van der Waals surface area contributed by atoms with Gasteiger partial charge >= 0.3 is 8.08 Å². The highest BCUT2D eigenvalue weighted by atomic mass is 29.3. The molecule has 0 aliphatic carbocycles. The number of ether oxygens (including phenoxy) is 3. The predicted octanol–water partition coefficient (Wildman–Crippen LogP) is 6.70. The van der Waals surface area contributed by atoms with Crippen LogP contribution in [-0.4, -0.2) is 60.1 Å². The van der Waals surface area contributed by atoms with Crippen LogP contribution in [0.15, 0.2) is 48.5 Å². The molecule has 7 nitrogen and oxygen atoms in total. The molecule has 0 radical (unpaired) electrons. The lowest BCUT2D eigenvalue weighted by molar-refractivity contribution is 0.311. The minimum atomic E-state index is -3.28. The first kappa shape index (κ1) is 32.1. The van der Waals surface area contributed by atoms with Crippen LogP contribution in [-0.2, 0) is 4.12 Å². The first-order valence-electron chi connectivity index (χ1n) is 14.3. The van der Waals surface area contributed by atoms with Gasteiger partial charge in [0, 0.05) is 0 Å². The summed E-state index contributed by atoms with van der Waals surface area (Å²) in [5.41, 5.74) is 0. The van der Waals surface area contributed by atoms with Crippen molar-refractivity contribution in [3.05, 3.63) is 48.5 Å². The van der Waals surface area contributed by atoms with Gasteiger partial charge in [0.2, 0.25) is 7.83 Å². The van der Waals surface area contributed by atoms with E-state index < -0.39 is 32.5 Å². The lowest BCUT2D eigenvalue weighted by atomic mass is 10.3. The normalized spacial score (nSPS) is 31.8. The van der Waals surface area contributed by atoms with Crippen molar-refractivity contribution < 1.29 is 32.7 Å². The maximum atomic E-state index is 11.5. The minimum absolute atomic E-state index is 0.535. The van der Waals surface area contributed by atoms with Crippen LogP contribution in [0.2, 0.25) is 56.4 Å². The maximum absolute atomic E-state index is 11.5. The second kappa shape index (κ2) is 13.9. The first-order valence-corrected chi connectivity index (χ1v) is 26.0. The number of hydrogen-bond donors (Lipinski definition) is 3. The minimum Gasteiger partial charge on any atom is -0.494 e. The molecule has 3 aliphatic rings. The Hall–Kier alpha value is -1.45. The molecule has 2 aromatic carbocycles. The summed E-state index contributed by atoms with van der Waals surface area (Å²) >= 11 is 0. The highest BCUT2D eigenvalue weighted by molar-refractivity contribution is 7.34. The average Bonchev–Trinajstić information content (AvgIpc) is 2.85. The van der Waals surface area contributed by atoms with E-state index in [1.54, 1.807) is 6.55 Å². The van der Waals surface area contributed by atoms with Crippen molar-refractivity contribution >= 4 is 32.5 Å². The van der Waals surface area contributed by atoms with E-state index in [2.05, 4.69) is 13.5 Å². The summed E-state index contributed by atoms with van der Waals surface area (Å²) in [6, 6.07) is 19.0. The van der Waals surface area contributed by atoms with Crippen LogP contribution in [0.5, 0.6) is 23.0 Å². The van der Waals surface area contributed by atoms with Gasteiger partial charge in [-0.25, -0.2) is 0 Å². The third-order valence-corrected chi connectivity index (χ3v) is 28.1. The van der Waals surface area contributed by atoms with E-state index in [-0.39, 0.29) is 0 Å². The third kappa shape index (κ3) is 10.2. The van der Waals surface area contributed by atoms with Gasteiger partial charge in [-0.3, -0.25) is 0 Å². The van der Waals surface area contributed by atoms with Crippen molar-refractivity contribution in [1.29, 1.82) is 0 Å². The zero-order valence-corrected chi connectivity index (χ0v) is 28.4. The molecule has 2 aromatic rings. The summed E-state index contributed by atoms with van der Waals surface area (Å²) in [5, 5.41) is 0. The van der Waals surface area contributed by atoms with Gasteiger partial charge in [-0.2, -0.15) is 0 Å². The quantitative estimate of drug-likeness (QED) is 0.326. The topological polar surface area (TPSA) is 97.6 Å². The lowest BCUT2D eigenvalue weighted by Crippen LogP contribution is -2.66. The van der Waals surface area contributed by atoms with Gasteiger partial charge in [0.15, 0.2) is 16.6 Å². The van der Waals surface area contributed by atoms with Gasteiger partial charge in [-0.1, -0.05) is 19.8 Å². The molecule has 0 spiro atoms. The Morgan fingerprint density at radius 3 is 1.62 bits per heavy atom. The Balaban J connectivity index is 1.74. The van der Waals surface area contributed by atoms with Gasteiger partial charge in [-0.15, -0.1) is 0 Å². The summed E-state index contributed by atoms with van der Waals surface area (Å²) in [6.45, 7) is 11.0. The van der Waals surface area contributed by atoms with Crippen LogP contribution in [0.25, 0.3) is 0 Å². The molecule has 4 unspecified atom stereocenters. The Morgan fingerprint density at radius 2 is 1.10 bits per heavy atom. The van der Waals surface area contributed by atoms with Crippen molar-refractivity contribution in [2.45, 2.75) is 89.0 Å². The average molecular weight is 609 g/mol. The van der Waals surface area contributed by atoms with Crippen molar-refractivity contribution in [1.82, 2.24) is 0 Å². The monoisotopic (exact) mass is 608 g/mol. The smallest absolute Gasteiger partial charge is 0.333 e. The van der Waals surface area contributed by atoms with Crippen LogP contribution in [0.1, 0.15) is 32.6 Å². The molecule has 3 aliphatic heterocycles. The molecule has 4 atom stereocenters. The molecule has 0 saturated carbocycles. The predicted molar refractivity (Wildman–Crippen MR) is 166 cm³/mol. The highest BCUT2D eigenvalue weighted by Crippen LogP contribution is 2.32. The van der Waals surface area contributed by atoms with Crippen molar-refractivity contribution in [2.24, 2.45) is 0 Å². The van der Waals surface area contributed by atoms with Gasteiger partial charge < -0.3 is 32.7 Å². The number of benzene rings is 2. The first-order chi connectivity index (χ1) is 18.3. The number of hydrogen-bond acceptors (Lipinski definition) is 7. The van der Waals surface area contributed by atoms with Crippen molar-refractivity contribution in [2.75, 3.05) is 13.2 Å². The third-order valence-electron chi connectivity index (χ3n) is 7.73. The molecule has 218 valence electrons. The van der Waals surface area contributed by atoms with E-state index in [0.717, 1.165) is 60.4 Å². The molecular weight excluding hydrogens is 561 g/mol. The van der Waals surface area contributed by atoms with Crippen molar-refractivity contribution in [3.8, 4) is 23.0 Å². The molecular formula is C28H48O7Si4. The van der Waals surface area contributed by atoms with E-state index in [4.69, 9.17) is 18.3 Å². The fourth-order valence-electron chi connectivity index (χ4n) is 5.14. The summed E-state index contributed by atoms with van der Waals surface area (Å²) < 4.78 is 24.5. The molecule has 5 rings (SSSR count). The second-order valence-corrected chi connectivity index (χ2v) is 31.6. The lowest BCUT2D eigenvalue weighted by Gasteiger charge is -2.41. The standard InChI is InChI=1S/C28H48O7Si4/c1-6-20-37(3)23-8-19-33-26-12-16-28(17-13-26)34-27-14-10-25(11-15-27)32-18-7-21-36(2,29)22-9-24-38(4,30)39(5,31)35-37/h10-17,29-31H,6-9,18-24H2,1-5H3. The molecule has 0 fully saturated rings.